The standard InChI is InChI=1S/C33H39ClF5N3O4S/c1-20-14-31(42(19-33(37,38)39)47(44,45)24-3-4-24)26(16-29(20)34)21-6-10-40(11-7-21)32(43)28-18-41(23-8-12-46-13-9-23)17-27(28)25-5-2-22(35)15-30(25)36/h2,5,14-16,21,23-24,27-28H,3-4,6-13,17-19H2,1H3. The highest BCUT2D eigenvalue weighted by Gasteiger charge is 2.47. The lowest BCUT2D eigenvalue weighted by atomic mass is 9.85. The minimum atomic E-state index is -4.76. The molecule has 1 aliphatic carbocycles. The van der Waals surface area contributed by atoms with Gasteiger partial charge in [0.25, 0.3) is 0 Å². The van der Waals surface area contributed by atoms with Crippen LogP contribution < -0.4 is 4.31 Å². The summed E-state index contributed by atoms with van der Waals surface area (Å²) in [6.07, 6.45) is -1.77. The van der Waals surface area contributed by atoms with Crippen molar-refractivity contribution in [2.24, 2.45) is 5.92 Å². The molecule has 4 aliphatic rings. The second-order valence-electron chi connectivity index (χ2n) is 13.3. The highest BCUT2D eigenvalue weighted by molar-refractivity contribution is 7.93. The van der Waals surface area contributed by atoms with E-state index in [4.69, 9.17) is 16.3 Å². The Morgan fingerprint density at radius 3 is 2.28 bits per heavy atom. The largest absolute Gasteiger partial charge is 0.407 e. The Kier molecular flexibility index (Phi) is 9.83. The van der Waals surface area contributed by atoms with Gasteiger partial charge in [0.15, 0.2) is 0 Å². The Morgan fingerprint density at radius 2 is 1.66 bits per heavy atom. The monoisotopic (exact) mass is 703 g/mol. The van der Waals surface area contributed by atoms with Crippen molar-refractivity contribution in [3.63, 3.8) is 0 Å². The lowest BCUT2D eigenvalue weighted by molar-refractivity contribution is -0.136. The number of sulfonamides is 1. The van der Waals surface area contributed by atoms with Crippen LogP contribution in [0.1, 0.15) is 67.1 Å². The molecule has 47 heavy (non-hydrogen) atoms. The zero-order chi connectivity index (χ0) is 33.7. The van der Waals surface area contributed by atoms with Crippen LogP contribution in [0.4, 0.5) is 27.6 Å². The van der Waals surface area contributed by atoms with Crippen LogP contribution in [0, 0.1) is 24.5 Å². The van der Waals surface area contributed by atoms with Crippen molar-refractivity contribution in [1.82, 2.24) is 9.80 Å². The summed E-state index contributed by atoms with van der Waals surface area (Å²) in [5.41, 5.74) is 1.16. The molecular formula is C33H39ClF5N3O4S. The first kappa shape index (κ1) is 34.4. The first-order valence-corrected chi connectivity index (χ1v) is 18.0. The summed E-state index contributed by atoms with van der Waals surface area (Å²) in [6, 6.07) is 6.64. The number of halogens is 6. The quantitative estimate of drug-likeness (QED) is 0.298. The van der Waals surface area contributed by atoms with Crippen LogP contribution >= 0.6 is 11.6 Å². The number of benzene rings is 2. The van der Waals surface area contributed by atoms with E-state index in [2.05, 4.69) is 4.90 Å². The molecule has 0 bridgehead atoms. The number of hydrogen-bond donors (Lipinski definition) is 0. The SMILES string of the molecule is Cc1cc(N(CC(F)(F)F)S(=O)(=O)C2CC2)c(C2CCN(C(=O)C3CN(C4CCOCC4)CC3c3ccc(F)cc3F)CC2)cc1Cl. The number of aryl methyl sites for hydroxylation is 1. The molecule has 0 aromatic heterocycles. The number of nitrogens with zero attached hydrogens (tertiary/aromatic N) is 3. The van der Waals surface area contributed by atoms with Gasteiger partial charge in [-0.2, -0.15) is 13.2 Å². The number of hydrogen-bond acceptors (Lipinski definition) is 5. The van der Waals surface area contributed by atoms with Crippen molar-refractivity contribution in [2.75, 3.05) is 50.2 Å². The predicted octanol–water partition coefficient (Wildman–Crippen LogP) is 6.39. The molecule has 0 N–H and O–H groups in total. The molecule has 2 atom stereocenters. The van der Waals surface area contributed by atoms with Gasteiger partial charge in [0.05, 0.1) is 16.9 Å². The smallest absolute Gasteiger partial charge is 0.381 e. The van der Waals surface area contributed by atoms with E-state index in [1.54, 1.807) is 17.9 Å². The molecule has 0 radical (unpaired) electrons. The van der Waals surface area contributed by atoms with Crippen LogP contribution in [-0.2, 0) is 19.6 Å². The van der Waals surface area contributed by atoms with Gasteiger partial charge in [0.2, 0.25) is 15.9 Å². The number of anilines is 1. The second-order valence-corrected chi connectivity index (χ2v) is 15.8. The van der Waals surface area contributed by atoms with E-state index < -0.39 is 51.5 Å². The zero-order valence-corrected chi connectivity index (χ0v) is 27.7. The molecule has 6 rings (SSSR count). The van der Waals surface area contributed by atoms with Crippen molar-refractivity contribution in [1.29, 1.82) is 0 Å². The lowest BCUT2D eigenvalue weighted by Gasteiger charge is -2.37. The van der Waals surface area contributed by atoms with E-state index in [0.29, 0.717) is 78.0 Å². The lowest BCUT2D eigenvalue weighted by Crippen LogP contribution is -2.44. The van der Waals surface area contributed by atoms with Gasteiger partial charge in [-0.25, -0.2) is 17.2 Å². The molecule has 2 aromatic rings. The fourth-order valence-electron chi connectivity index (χ4n) is 7.44. The molecule has 2 aromatic carbocycles. The van der Waals surface area contributed by atoms with Crippen molar-refractivity contribution in [2.45, 2.75) is 74.8 Å². The summed E-state index contributed by atoms with van der Waals surface area (Å²) < 4.78 is 103. The van der Waals surface area contributed by atoms with Gasteiger partial charge < -0.3 is 9.64 Å². The number of amides is 1. The first-order chi connectivity index (χ1) is 22.2. The minimum Gasteiger partial charge on any atom is -0.381 e. The molecule has 14 heteroatoms. The normalized spacial score (nSPS) is 23.8. The number of carbonyl (C=O) groups excluding carboxylic acids is 1. The van der Waals surface area contributed by atoms with E-state index in [1.165, 1.54) is 18.2 Å². The summed E-state index contributed by atoms with van der Waals surface area (Å²) in [6.45, 7) is 2.66. The summed E-state index contributed by atoms with van der Waals surface area (Å²) in [4.78, 5) is 18.0. The zero-order valence-electron chi connectivity index (χ0n) is 26.1. The van der Waals surface area contributed by atoms with Gasteiger partial charge >= 0.3 is 6.18 Å². The topological polar surface area (TPSA) is 70.2 Å². The average molecular weight is 704 g/mol. The summed E-state index contributed by atoms with van der Waals surface area (Å²) in [5, 5.41) is -0.527. The molecule has 3 saturated heterocycles. The van der Waals surface area contributed by atoms with E-state index in [0.717, 1.165) is 18.9 Å². The van der Waals surface area contributed by atoms with E-state index in [9.17, 15) is 30.8 Å². The fraction of sp³-hybridized carbons (Fsp3) is 0.606. The molecule has 2 unspecified atom stereocenters. The Labute approximate surface area is 277 Å². The second kappa shape index (κ2) is 13.4. The number of piperidine rings is 1. The van der Waals surface area contributed by atoms with E-state index in [-0.39, 0.29) is 36.6 Å². The molecule has 1 saturated carbocycles. The molecule has 1 amide bonds. The predicted molar refractivity (Wildman–Crippen MR) is 168 cm³/mol. The third-order valence-corrected chi connectivity index (χ3v) is 12.8. The minimum absolute atomic E-state index is 0.0179. The van der Waals surface area contributed by atoms with Crippen LogP contribution in [0.15, 0.2) is 30.3 Å². The highest BCUT2D eigenvalue weighted by atomic mass is 35.5. The van der Waals surface area contributed by atoms with Crippen LogP contribution in [0.2, 0.25) is 5.02 Å². The molecule has 3 aliphatic heterocycles. The number of ether oxygens (including phenoxy) is 1. The number of rotatable bonds is 8. The van der Waals surface area contributed by atoms with Crippen molar-refractivity contribution < 1.29 is 39.9 Å². The van der Waals surface area contributed by atoms with Gasteiger partial charge in [-0.3, -0.25) is 14.0 Å². The van der Waals surface area contributed by atoms with Gasteiger partial charge in [-0.05, 0) is 86.3 Å². The van der Waals surface area contributed by atoms with Gasteiger partial charge in [-0.1, -0.05) is 17.7 Å². The van der Waals surface area contributed by atoms with Gasteiger partial charge in [0.1, 0.15) is 18.2 Å². The molecule has 7 nitrogen and oxygen atoms in total. The Hall–Kier alpha value is -2.48. The highest BCUT2D eigenvalue weighted by Crippen LogP contribution is 2.44. The van der Waals surface area contributed by atoms with E-state index >= 15 is 4.39 Å². The maximum atomic E-state index is 15.1. The summed E-state index contributed by atoms with van der Waals surface area (Å²) in [5.74, 6) is -2.91. The number of carbonyl (C=O) groups is 1. The molecular weight excluding hydrogens is 665 g/mol. The summed E-state index contributed by atoms with van der Waals surface area (Å²) >= 11 is 6.45. The fourth-order valence-corrected chi connectivity index (χ4v) is 9.46. The number of likely N-dealkylation sites (tertiary alicyclic amines) is 2. The summed E-state index contributed by atoms with van der Waals surface area (Å²) in [7, 11) is -4.25. The Bertz CT molecular complexity index is 1590. The van der Waals surface area contributed by atoms with Gasteiger partial charge in [0, 0.05) is 62.4 Å². The maximum Gasteiger partial charge on any atom is 0.407 e. The first-order valence-electron chi connectivity index (χ1n) is 16.2. The van der Waals surface area contributed by atoms with E-state index in [1.807, 2.05) is 0 Å². The number of alkyl halides is 3. The Balaban J connectivity index is 1.23. The van der Waals surface area contributed by atoms with Crippen molar-refractivity contribution in [3.05, 3.63) is 63.7 Å². The van der Waals surface area contributed by atoms with Crippen LogP contribution in [0.5, 0.6) is 0 Å². The van der Waals surface area contributed by atoms with Gasteiger partial charge in [-0.15, -0.1) is 0 Å². The molecule has 4 fully saturated rings. The molecule has 0 spiro atoms. The third-order valence-electron chi connectivity index (χ3n) is 10.1. The maximum absolute atomic E-state index is 15.1. The van der Waals surface area contributed by atoms with Crippen LogP contribution in [-0.4, -0.2) is 87.5 Å². The van der Waals surface area contributed by atoms with Crippen LogP contribution in [0.25, 0.3) is 0 Å². The third kappa shape index (κ3) is 7.43. The average Bonchev–Trinajstić information content (AvgIpc) is 3.81. The van der Waals surface area contributed by atoms with Crippen molar-refractivity contribution >= 4 is 33.2 Å². The Morgan fingerprint density at radius 1 is 0.979 bits per heavy atom. The molecule has 3 heterocycles. The van der Waals surface area contributed by atoms with Crippen molar-refractivity contribution in [3.8, 4) is 0 Å². The molecule has 258 valence electrons. The van der Waals surface area contributed by atoms with Crippen LogP contribution in [0.3, 0.4) is 0 Å².